The number of halogens is 3. The molecular weight excluding hydrogens is 438 g/mol. The molecule has 1 aliphatic heterocycles. The zero-order valence-corrected chi connectivity index (χ0v) is 17.7. The summed E-state index contributed by atoms with van der Waals surface area (Å²) in [6, 6.07) is 9.20. The number of hydrogen-bond acceptors (Lipinski definition) is 3. The molecule has 2 aromatic carbocycles. The van der Waals surface area contributed by atoms with Gasteiger partial charge < -0.3 is 5.32 Å². The summed E-state index contributed by atoms with van der Waals surface area (Å²) in [5.41, 5.74) is -0.0925. The second kappa shape index (κ2) is 7.45. The van der Waals surface area contributed by atoms with E-state index in [1.165, 1.54) is 22.5 Å². The predicted molar refractivity (Wildman–Crippen MR) is 113 cm³/mol. The van der Waals surface area contributed by atoms with Gasteiger partial charge in [0.1, 0.15) is 5.67 Å². The predicted octanol–water partition coefficient (Wildman–Crippen LogP) is 5.13. The highest BCUT2D eigenvalue weighted by Crippen LogP contribution is 2.46. The van der Waals surface area contributed by atoms with Crippen LogP contribution >= 0.6 is 23.2 Å². The molecule has 29 heavy (non-hydrogen) atoms. The van der Waals surface area contributed by atoms with Gasteiger partial charge in [-0.2, -0.15) is 0 Å². The van der Waals surface area contributed by atoms with Crippen LogP contribution in [0.4, 0.5) is 15.8 Å². The number of carbonyl (C=O) groups excluding carboxylic acids is 1. The Bertz CT molecular complexity index is 1090. The highest BCUT2D eigenvalue weighted by atomic mass is 35.5. The van der Waals surface area contributed by atoms with Crippen LogP contribution in [0.25, 0.3) is 0 Å². The molecule has 9 heteroatoms. The molecule has 2 aliphatic rings. The molecule has 4 rings (SSSR count). The number of carbonyl (C=O) groups is 1. The SMILES string of the molecule is O=C(Nc1cc(Cl)cc(C2(F)CCC2)c1)c1cc(N2CCCS2(=O)=O)ccc1Cl. The van der Waals surface area contributed by atoms with Crippen LogP contribution in [0.3, 0.4) is 0 Å². The van der Waals surface area contributed by atoms with Crippen molar-refractivity contribution in [2.45, 2.75) is 31.4 Å². The van der Waals surface area contributed by atoms with Crippen molar-refractivity contribution in [3.05, 3.63) is 57.6 Å². The molecule has 0 atom stereocenters. The molecule has 1 aliphatic carbocycles. The molecule has 0 aromatic heterocycles. The molecule has 154 valence electrons. The second-order valence-corrected chi connectivity index (χ2v) is 10.3. The zero-order chi connectivity index (χ0) is 20.8. The third kappa shape index (κ3) is 3.96. The number of rotatable bonds is 4. The van der Waals surface area contributed by atoms with Gasteiger partial charge in [-0.3, -0.25) is 9.10 Å². The Kier molecular flexibility index (Phi) is 5.25. The van der Waals surface area contributed by atoms with Crippen LogP contribution < -0.4 is 9.62 Å². The van der Waals surface area contributed by atoms with Gasteiger partial charge in [0.05, 0.1) is 22.0 Å². The van der Waals surface area contributed by atoms with E-state index in [4.69, 9.17) is 23.2 Å². The molecule has 2 aromatic rings. The van der Waals surface area contributed by atoms with Crippen LogP contribution in [0.2, 0.25) is 10.0 Å². The first-order chi connectivity index (χ1) is 13.7. The highest BCUT2D eigenvalue weighted by Gasteiger charge is 2.39. The van der Waals surface area contributed by atoms with Crippen molar-refractivity contribution in [1.82, 2.24) is 0 Å². The number of nitrogens with one attached hydrogen (secondary N) is 1. The molecule has 0 radical (unpaired) electrons. The molecule has 0 unspecified atom stereocenters. The smallest absolute Gasteiger partial charge is 0.257 e. The van der Waals surface area contributed by atoms with E-state index in [2.05, 4.69) is 5.32 Å². The number of anilines is 2. The maximum atomic E-state index is 14.8. The Hall–Kier alpha value is -1.83. The maximum Gasteiger partial charge on any atom is 0.257 e. The van der Waals surface area contributed by atoms with E-state index in [1.54, 1.807) is 18.2 Å². The minimum absolute atomic E-state index is 0.0768. The van der Waals surface area contributed by atoms with Gasteiger partial charge in [0.2, 0.25) is 10.0 Å². The summed E-state index contributed by atoms with van der Waals surface area (Å²) < 4.78 is 40.4. The lowest BCUT2D eigenvalue weighted by atomic mass is 9.77. The van der Waals surface area contributed by atoms with Gasteiger partial charge in [-0.15, -0.1) is 0 Å². The Labute approximate surface area is 178 Å². The number of sulfonamides is 1. The fraction of sp³-hybridized carbons (Fsp3) is 0.350. The van der Waals surface area contributed by atoms with Gasteiger partial charge in [0.15, 0.2) is 0 Å². The fourth-order valence-corrected chi connectivity index (χ4v) is 5.66. The van der Waals surface area contributed by atoms with Crippen LogP contribution in [-0.2, 0) is 15.7 Å². The summed E-state index contributed by atoms with van der Waals surface area (Å²) in [5, 5.41) is 3.21. The molecule has 1 amide bonds. The molecule has 0 bridgehead atoms. The first-order valence-electron chi connectivity index (χ1n) is 9.29. The summed E-state index contributed by atoms with van der Waals surface area (Å²) in [7, 11) is -3.38. The van der Waals surface area contributed by atoms with Crippen molar-refractivity contribution in [2.24, 2.45) is 0 Å². The highest BCUT2D eigenvalue weighted by molar-refractivity contribution is 7.93. The quantitative estimate of drug-likeness (QED) is 0.692. The van der Waals surface area contributed by atoms with Crippen LogP contribution in [-0.4, -0.2) is 26.6 Å². The van der Waals surface area contributed by atoms with Crippen molar-refractivity contribution >= 4 is 50.5 Å². The van der Waals surface area contributed by atoms with Crippen LogP contribution in [0.15, 0.2) is 36.4 Å². The molecule has 1 heterocycles. The topological polar surface area (TPSA) is 66.5 Å². The van der Waals surface area contributed by atoms with Gasteiger partial charge in [-0.25, -0.2) is 12.8 Å². The van der Waals surface area contributed by atoms with E-state index in [-0.39, 0.29) is 16.3 Å². The van der Waals surface area contributed by atoms with E-state index >= 15 is 0 Å². The minimum atomic E-state index is -3.38. The van der Waals surface area contributed by atoms with Gasteiger partial charge >= 0.3 is 0 Å². The Morgan fingerprint density at radius 1 is 1.10 bits per heavy atom. The average Bonchev–Trinajstić information content (AvgIpc) is 2.98. The molecule has 2 fully saturated rings. The number of hydrogen-bond donors (Lipinski definition) is 1. The second-order valence-electron chi connectivity index (χ2n) is 7.41. The number of amides is 1. The Balaban J connectivity index is 1.61. The van der Waals surface area contributed by atoms with Crippen molar-refractivity contribution < 1.29 is 17.6 Å². The molecule has 0 spiro atoms. The van der Waals surface area contributed by atoms with Crippen LogP contribution in [0.1, 0.15) is 41.6 Å². The van der Waals surface area contributed by atoms with Crippen LogP contribution in [0, 0.1) is 0 Å². The first kappa shape index (κ1) is 20.4. The number of nitrogens with zero attached hydrogens (tertiary/aromatic N) is 1. The molecule has 1 N–H and O–H groups in total. The van der Waals surface area contributed by atoms with Gasteiger partial charge in [0.25, 0.3) is 5.91 Å². The van der Waals surface area contributed by atoms with Gasteiger partial charge in [-0.1, -0.05) is 23.2 Å². The first-order valence-corrected chi connectivity index (χ1v) is 11.7. The van der Waals surface area contributed by atoms with Crippen molar-refractivity contribution in [3.63, 3.8) is 0 Å². The average molecular weight is 457 g/mol. The fourth-order valence-electron chi connectivity index (χ4n) is 3.67. The monoisotopic (exact) mass is 456 g/mol. The molecular formula is C20H19Cl2FN2O3S. The van der Waals surface area contributed by atoms with E-state index < -0.39 is 21.6 Å². The number of benzene rings is 2. The van der Waals surface area contributed by atoms with Crippen molar-refractivity contribution in [2.75, 3.05) is 21.9 Å². The Morgan fingerprint density at radius 3 is 2.48 bits per heavy atom. The summed E-state index contributed by atoms with van der Waals surface area (Å²) in [6.07, 6.45) is 2.20. The Morgan fingerprint density at radius 2 is 1.86 bits per heavy atom. The van der Waals surface area contributed by atoms with Gasteiger partial charge in [-0.05, 0) is 67.6 Å². The third-order valence-corrected chi connectivity index (χ3v) is 7.82. The molecule has 5 nitrogen and oxygen atoms in total. The number of alkyl halides is 1. The lowest BCUT2D eigenvalue weighted by Gasteiger charge is -2.34. The minimum Gasteiger partial charge on any atom is -0.322 e. The lowest BCUT2D eigenvalue weighted by molar-refractivity contribution is 0.0609. The normalized spacial score (nSPS) is 19.6. The summed E-state index contributed by atoms with van der Waals surface area (Å²) >= 11 is 12.3. The summed E-state index contributed by atoms with van der Waals surface area (Å²) in [6.45, 7) is 0.362. The molecule has 1 saturated carbocycles. The zero-order valence-electron chi connectivity index (χ0n) is 15.4. The van der Waals surface area contributed by atoms with Crippen LogP contribution in [0.5, 0.6) is 0 Å². The standard InChI is InChI=1S/C20H19Cl2FN2O3S/c21-14-9-13(20(23)5-1-6-20)10-15(11-14)24-19(26)17-12-16(3-4-18(17)22)25-7-2-8-29(25,27)28/h3-4,9-12H,1-2,5-8H2,(H,24,26). The summed E-state index contributed by atoms with van der Waals surface area (Å²) in [5.74, 6) is -0.448. The third-order valence-electron chi connectivity index (χ3n) is 5.40. The molecule has 1 saturated heterocycles. The maximum absolute atomic E-state index is 14.8. The van der Waals surface area contributed by atoms with Crippen molar-refractivity contribution in [3.8, 4) is 0 Å². The van der Waals surface area contributed by atoms with E-state index in [9.17, 15) is 17.6 Å². The van der Waals surface area contributed by atoms with E-state index in [1.807, 2.05) is 0 Å². The van der Waals surface area contributed by atoms with E-state index in [0.717, 1.165) is 6.42 Å². The summed E-state index contributed by atoms with van der Waals surface area (Å²) in [4.78, 5) is 12.8. The van der Waals surface area contributed by atoms with Gasteiger partial charge in [0, 0.05) is 17.3 Å². The largest absolute Gasteiger partial charge is 0.322 e. The van der Waals surface area contributed by atoms with E-state index in [0.29, 0.717) is 47.8 Å². The lowest BCUT2D eigenvalue weighted by Crippen LogP contribution is -2.28. The van der Waals surface area contributed by atoms with Crippen molar-refractivity contribution in [1.29, 1.82) is 0 Å².